The van der Waals surface area contributed by atoms with Crippen LogP contribution in [-0.4, -0.2) is 20.9 Å². The Morgan fingerprint density at radius 2 is 2.08 bits per heavy atom. The summed E-state index contributed by atoms with van der Waals surface area (Å²) in [7, 11) is 0. The van der Waals surface area contributed by atoms with Gasteiger partial charge in [0.25, 0.3) is 11.5 Å². The van der Waals surface area contributed by atoms with Gasteiger partial charge in [0.15, 0.2) is 5.82 Å². The molecule has 6 nitrogen and oxygen atoms in total. The average Bonchev–Trinajstić information content (AvgIpc) is 2.94. The lowest BCUT2D eigenvalue weighted by molar-refractivity contribution is 0.0943. The van der Waals surface area contributed by atoms with Crippen LogP contribution in [0.3, 0.4) is 0 Å². The minimum atomic E-state index is -0.403. The summed E-state index contributed by atoms with van der Waals surface area (Å²) in [6, 6.07) is 8.23. The van der Waals surface area contributed by atoms with Crippen molar-refractivity contribution in [2.24, 2.45) is 0 Å². The van der Waals surface area contributed by atoms with E-state index in [4.69, 9.17) is 0 Å². The van der Waals surface area contributed by atoms with Crippen LogP contribution in [0.25, 0.3) is 11.5 Å². The lowest BCUT2D eigenvalue weighted by Crippen LogP contribution is -2.28. The summed E-state index contributed by atoms with van der Waals surface area (Å²) in [5.74, 6) is 0.210. The smallest absolute Gasteiger partial charge is 0.261 e. The van der Waals surface area contributed by atoms with Crippen LogP contribution in [0.1, 0.15) is 38.8 Å². The van der Waals surface area contributed by atoms with Crippen LogP contribution in [0.15, 0.2) is 41.3 Å². The predicted octanol–water partition coefficient (Wildman–Crippen LogP) is 3.00. The number of aromatic amines is 1. The molecule has 3 aromatic rings. The van der Waals surface area contributed by atoms with E-state index in [1.54, 1.807) is 25.3 Å². The van der Waals surface area contributed by atoms with E-state index in [0.717, 1.165) is 10.4 Å². The molecule has 0 aliphatic heterocycles. The Labute approximate surface area is 149 Å². The second-order valence-electron chi connectivity index (χ2n) is 5.78. The third-order valence-corrected chi connectivity index (χ3v) is 5.00. The fourth-order valence-corrected chi connectivity index (χ4v) is 3.29. The zero-order chi connectivity index (χ0) is 18.0. The molecular formula is C18H18N4O2S. The molecule has 0 saturated heterocycles. The topological polar surface area (TPSA) is 87.7 Å². The van der Waals surface area contributed by atoms with E-state index in [2.05, 4.69) is 20.3 Å². The third-order valence-electron chi connectivity index (χ3n) is 3.85. The second-order valence-corrected chi connectivity index (χ2v) is 7.04. The molecule has 0 saturated carbocycles. The molecule has 1 atom stereocenters. The van der Waals surface area contributed by atoms with Gasteiger partial charge < -0.3 is 10.3 Å². The van der Waals surface area contributed by atoms with Gasteiger partial charge >= 0.3 is 0 Å². The van der Waals surface area contributed by atoms with E-state index in [0.29, 0.717) is 22.1 Å². The Kier molecular flexibility index (Phi) is 4.76. The zero-order valence-electron chi connectivity index (χ0n) is 14.2. The van der Waals surface area contributed by atoms with Crippen LogP contribution in [0.5, 0.6) is 0 Å². The Bertz CT molecular complexity index is 943. The molecule has 2 N–H and O–H groups in total. The predicted molar refractivity (Wildman–Crippen MR) is 97.8 cm³/mol. The lowest BCUT2D eigenvalue weighted by Gasteiger charge is -2.13. The number of carbonyl (C=O) groups is 1. The molecule has 0 bridgehead atoms. The molecule has 3 heterocycles. The number of nitrogens with zero attached hydrogens (tertiary/aromatic N) is 2. The van der Waals surface area contributed by atoms with Gasteiger partial charge in [-0.2, -0.15) is 0 Å². The van der Waals surface area contributed by atoms with Crippen LogP contribution in [0.2, 0.25) is 0 Å². The highest BCUT2D eigenvalue weighted by Crippen LogP contribution is 2.21. The van der Waals surface area contributed by atoms with E-state index >= 15 is 0 Å². The second kappa shape index (κ2) is 6.98. The van der Waals surface area contributed by atoms with E-state index in [1.165, 1.54) is 17.4 Å². The van der Waals surface area contributed by atoms with Crippen molar-refractivity contribution >= 4 is 17.2 Å². The number of pyridine rings is 1. The van der Waals surface area contributed by atoms with Crippen molar-refractivity contribution in [3.8, 4) is 11.5 Å². The molecule has 0 aliphatic rings. The highest BCUT2D eigenvalue weighted by Gasteiger charge is 2.16. The van der Waals surface area contributed by atoms with Gasteiger partial charge in [-0.05, 0) is 44.5 Å². The molecule has 1 unspecified atom stereocenters. The van der Waals surface area contributed by atoms with Gasteiger partial charge in [0, 0.05) is 17.1 Å². The highest BCUT2D eigenvalue weighted by molar-refractivity contribution is 7.14. The Balaban J connectivity index is 1.85. The Morgan fingerprint density at radius 1 is 1.28 bits per heavy atom. The van der Waals surface area contributed by atoms with Gasteiger partial charge in [-0.3, -0.25) is 14.6 Å². The first-order valence-electron chi connectivity index (χ1n) is 7.84. The van der Waals surface area contributed by atoms with Gasteiger partial charge in [-0.1, -0.05) is 6.07 Å². The molecule has 1 amide bonds. The molecule has 0 radical (unpaired) electrons. The van der Waals surface area contributed by atoms with Crippen molar-refractivity contribution in [3.63, 3.8) is 0 Å². The first-order chi connectivity index (χ1) is 11.9. The van der Waals surface area contributed by atoms with Crippen LogP contribution in [0, 0.1) is 13.8 Å². The van der Waals surface area contributed by atoms with Crippen molar-refractivity contribution in [1.29, 1.82) is 0 Å². The summed E-state index contributed by atoms with van der Waals surface area (Å²) in [6.45, 7) is 5.76. The molecule has 128 valence electrons. The number of carbonyl (C=O) groups excluding carboxylic acids is 1. The molecule has 0 fully saturated rings. The SMILES string of the molecule is Cc1cc(C(=O)NC(C)c2cc(=O)[nH]c(-c3ccccn3)n2)sc1C. The summed E-state index contributed by atoms with van der Waals surface area (Å²) in [6.07, 6.45) is 1.63. The minimum absolute atomic E-state index is 0.171. The summed E-state index contributed by atoms with van der Waals surface area (Å²) >= 11 is 1.45. The number of hydrogen-bond acceptors (Lipinski definition) is 5. The molecule has 0 aromatic carbocycles. The first kappa shape index (κ1) is 17.0. The third kappa shape index (κ3) is 3.83. The maximum atomic E-state index is 12.4. The van der Waals surface area contributed by atoms with E-state index < -0.39 is 6.04 Å². The quantitative estimate of drug-likeness (QED) is 0.754. The molecule has 0 spiro atoms. The number of nitrogens with one attached hydrogen (secondary N) is 2. The average molecular weight is 354 g/mol. The zero-order valence-corrected chi connectivity index (χ0v) is 15.0. The molecule has 7 heteroatoms. The van der Waals surface area contributed by atoms with E-state index in [9.17, 15) is 9.59 Å². The van der Waals surface area contributed by atoms with Gasteiger partial charge in [0.2, 0.25) is 0 Å². The van der Waals surface area contributed by atoms with Crippen LogP contribution < -0.4 is 10.9 Å². The summed E-state index contributed by atoms with van der Waals surface area (Å²) in [5, 5.41) is 2.89. The highest BCUT2D eigenvalue weighted by atomic mass is 32.1. The first-order valence-corrected chi connectivity index (χ1v) is 8.66. The van der Waals surface area contributed by atoms with Crippen molar-refractivity contribution < 1.29 is 4.79 Å². The monoisotopic (exact) mass is 354 g/mol. The van der Waals surface area contributed by atoms with Crippen molar-refractivity contribution in [2.45, 2.75) is 26.8 Å². The van der Waals surface area contributed by atoms with E-state index in [-0.39, 0.29) is 11.5 Å². The Hall–Kier alpha value is -2.80. The maximum absolute atomic E-state index is 12.4. The molecular weight excluding hydrogens is 336 g/mol. The number of aryl methyl sites for hydroxylation is 2. The summed E-state index contributed by atoms with van der Waals surface area (Å²) in [4.78, 5) is 37.4. The Morgan fingerprint density at radius 3 is 2.72 bits per heavy atom. The fraction of sp³-hybridized carbons (Fsp3) is 0.222. The number of hydrogen-bond donors (Lipinski definition) is 2. The van der Waals surface area contributed by atoms with Gasteiger partial charge in [0.1, 0.15) is 5.69 Å². The van der Waals surface area contributed by atoms with E-state index in [1.807, 2.05) is 26.0 Å². The standard InChI is InChI=1S/C18H18N4O2S/c1-10-8-15(25-12(10)3)18(24)20-11(2)14-9-16(23)22-17(21-14)13-6-4-5-7-19-13/h4-9,11H,1-3H3,(H,20,24)(H,21,22,23). The lowest BCUT2D eigenvalue weighted by atomic mass is 10.2. The molecule has 3 rings (SSSR count). The number of amides is 1. The van der Waals surface area contributed by atoms with Crippen LogP contribution >= 0.6 is 11.3 Å². The van der Waals surface area contributed by atoms with Crippen LogP contribution in [0.4, 0.5) is 0 Å². The van der Waals surface area contributed by atoms with Crippen LogP contribution in [-0.2, 0) is 0 Å². The number of H-pyrrole nitrogens is 1. The minimum Gasteiger partial charge on any atom is -0.343 e. The number of thiophene rings is 1. The van der Waals surface area contributed by atoms with Gasteiger partial charge in [-0.15, -0.1) is 11.3 Å². The van der Waals surface area contributed by atoms with Crippen molar-refractivity contribution in [2.75, 3.05) is 0 Å². The summed E-state index contributed by atoms with van der Waals surface area (Å²) in [5.41, 5.74) is 1.87. The number of rotatable bonds is 4. The number of aromatic nitrogens is 3. The van der Waals surface area contributed by atoms with Gasteiger partial charge in [0.05, 0.1) is 16.6 Å². The molecule has 25 heavy (non-hydrogen) atoms. The fourth-order valence-electron chi connectivity index (χ4n) is 2.35. The summed E-state index contributed by atoms with van der Waals surface area (Å²) < 4.78 is 0. The van der Waals surface area contributed by atoms with Crippen molar-refractivity contribution in [1.82, 2.24) is 20.3 Å². The molecule has 3 aromatic heterocycles. The van der Waals surface area contributed by atoms with Gasteiger partial charge in [-0.25, -0.2) is 4.98 Å². The normalized spacial score (nSPS) is 12.0. The largest absolute Gasteiger partial charge is 0.343 e. The maximum Gasteiger partial charge on any atom is 0.261 e. The molecule has 0 aliphatic carbocycles. The van der Waals surface area contributed by atoms with Crippen molar-refractivity contribution in [3.05, 3.63) is 67.9 Å².